The minimum Gasteiger partial charge on any atom is -0.380 e. The van der Waals surface area contributed by atoms with Crippen molar-refractivity contribution in [2.75, 3.05) is 30.4 Å². The monoisotopic (exact) mass is 442 g/mol. The Morgan fingerprint density at radius 2 is 2.13 bits per heavy atom. The number of rotatable bonds is 8. The third kappa shape index (κ3) is 4.73. The number of amides is 3. The minimum absolute atomic E-state index is 0.105. The first-order valence-corrected chi connectivity index (χ1v) is 9.85. The van der Waals surface area contributed by atoms with Crippen molar-refractivity contribution in [3.05, 3.63) is 46.7 Å². The number of carbonyl (C=O) groups excluding carboxylic acids is 2. The standard InChI is InChI=1S/C19H19ClN8O3/c1-2-31-7-6-21-18-27-17(23-13-5-3-4-12(20)9-13)25-15-11(10-22-28(15)18)8-14-16(29)26-19(30)24-14/h3-5,8-10H,2,6-7H2,1H3,(H2,21,23,25,27)(H2,24,26,29,30)/b14-8-. The molecule has 1 fully saturated rings. The zero-order valence-corrected chi connectivity index (χ0v) is 17.2. The lowest BCUT2D eigenvalue weighted by Gasteiger charge is -2.11. The summed E-state index contributed by atoms with van der Waals surface area (Å²) in [5, 5.41) is 15.8. The van der Waals surface area contributed by atoms with Crippen molar-refractivity contribution in [3.8, 4) is 0 Å². The number of hydrogen-bond acceptors (Lipinski definition) is 8. The zero-order chi connectivity index (χ0) is 21.8. The molecule has 0 atom stereocenters. The third-order valence-corrected chi connectivity index (χ3v) is 4.46. The number of fused-ring (bicyclic) bond motifs is 1. The molecule has 0 bridgehead atoms. The highest BCUT2D eigenvalue weighted by atomic mass is 35.5. The summed E-state index contributed by atoms with van der Waals surface area (Å²) in [6.07, 6.45) is 3.04. The van der Waals surface area contributed by atoms with Gasteiger partial charge in [-0.15, -0.1) is 0 Å². The normalized spacial score (nSPS) is 14.7. The third-order valence-electron chi connectivity index (χ3n) is 4.23. The van der Waals surface area contributed by atoms with E-state index in [0.29, 0.717) is 53.6 Å². The van der Waals surface area contributed by atoms with Crippen molar-refractivity contribution in [2.45, 2.75) is 6.92 Å². The Hall–Kier alpha value is -3.70. The maximum atomic E-state index is 11.9. The first-order valence-electron chi connectivity index (χ1n) is 9.47. The van der Waals surface area contributed by atoms with Gasteiger partial charge in [-0.3, -0.25) is 10.1 Å². The summed E-state index contributed by atoms with van der Waals surface area (Å²) in [4.78, 5) is 32.3. The van der Waals surface area contributed by atoms with Crippen molar-refractivity contribution >= 4 is 52.8 Å². The average molecular weight is 443 g/mol. The second kappa shape index (κ2) is 8.98. The van der Waals surface area contributed by atoms with Crippen LogP contribution in [0.2, 0.25) is 5.02 Å². The van der Waals surface area contributed by atoms with Crippen LogP contribution in [0.5, 0.6) is 0 Å². The highest BCUT2D eigenvalue weighted by molar-refractivity contribution is 6.30. The Balaban J connectivity index is 1.72. The van der Waals surface area contributed by atoms with Gasteiger partial charge in [0.1, 0.15) is 5.70 Å². The molecule has 0 radical (unpaired) electrons. The number of nitrogens with one attached hydrogen (secondary N) is 4. The molecule has 0 unspecified atom stereocenters. The van der Waals surface area contributed by atoms with E-state index in [0.717, 1.165) is 0 Å². The van der Waals surface area contributed by atoms with Gasteiger partial charge in [-0.25, -0.2) is 4.79 Å². The van der Waals surface area contributed by atoms with Crippen LogP contribution in [0.3, 0.4) is 0 Å². The average Bonchev–Trinajstić information content (AvgIpc) is 3.28. The molecule has 2 aromatic heterocycles. The van der Waals surface area contributed by atoms with Crippen molar-refractivity contribution in [3.63, 3.8) is 0 Å². The minimum atomic E-state index is -0.580. The molecule has 4 N–H and O–H groups in total. The molecule has 3 heterocycles. The topological polar surface area (TPSA) is 135 Å². The van der Waals surface area contributed by atoms with Crippen LogP contribution in [-0.4, -0.2) is 51.3 Å². The number of aromatic nitrogens is 4. The number of nitrogens with zero attached hydrogens (tertiary/aromatic N) is 4. The summed E-state index contributed by atoms with van der Waals surface area (Å²) in [6, 6.07) is 6.57. The Labute approximate surface area is 181 Å². The fourth-order valence-electron chi connectivity index (χ4n) is 2.88. The Morgan fingerprint density at radius 3 is 2.87 bits per heavy atom. The molecule has 1 saturated heterocycles. The predicted octanol–water partition coefficient (Wildman–Crippen LogP) is 2.15. The predicted molar refractivity (Wildman–Crippen MR) is 115 cm³/mol. The SMILES string of the molecule is CCOCCNc1nc(Nc2cccc(Cl)c2)nc2c(/C=C3\NC(=O)NC3=O)cnn12. The van der Waals surface area contributed by atoms with E-state index < -0.39 is 11.9 Å². The fourth-order valence-corrected chi connectivity index (χ4v) is 3.07. The zero-order valence-electron chi connectivity index (χ0n) is 16.5. The summed E-state index contributed by atoms with van der Waals surface area (Å²) in [7, 11) is 0. The molecule has 0 aliphatic carbocycles. The smallest absolute Gasteiger partial charge is 0.326 e. The number of urea groups is 1. The van der Waals surface area contributed by atoms with E-state index in [4.69, 9.17) is 16.3 Å². The van der Waals surface area contributed by atoms with Crippen molar-refractivity contribution in [1.29, 1.82) is 0 Å². The molecule has 4 rings (SSSR count). The van der Waals surface area contributed by atoms with Crippen molar-refractivity contribution < 1.29 is 14.3 Å². The van der Waals surface area contributed by atoms with E-state index in [9.17, 15) is 9.59 Å². The number of imide groups is 1. The van der Waals surface area contributed by atoms with E-state index in [1.807, 2.05) is 13.0 Å². The van der Waals surface area contributed by atoms with Gasteiger partial charge in [0.05, 0.1) is 12.8 Å². The first kappa shape index (κ1) is 20.6. The van der Waals surface area contributed by atoms with Gasteiger partial charge in [0.25, 0.3) is 5.91 Å². The van der Waals surface area contributed by atoms with E-state index in [1.54, 1.807) is 18.2 Å². The molecule has 3 aromatic rings. The number of halogens is 1. The maximum absolute atomic E-state index is 11.9. The quantitative estimate of drug-likeness (QED) is 0.237. The van der Waals surface area contributed by atoms with Gasteiger partial charge >= 0.3 is 6.03 Å². The van der Waals surface area contributed by atoms with Gasteiger partial charge in [-0.1, -0.05) is 17.7 Å². The highest BCUT2D eigenvalue weighted by Crippen LogP contribution is 2.22. The number of carbonyl (C=O) groups is 2. The molecule has 1 aromatic carbocycles. The molecule has 11 nitrogen and oxygen atoms in total. The molecule has 1 aliphatic rings. The van der Waals surface area contributed by atoms with E-state index in [2.05, 4.69) is 36.3 Å². The van der Waals surface area contributed by atoms with Gasteiger partial charge in [-0.05, 0) is 31.2 Å². The van der Waals surface area contributed by atoms with Gasteiger partial charge in [0.2, 0.25) is 11.9 Å². The van der Waals surface area contributed by atoms with Crippen molar-refractivity contribution in [2.24, 2.45) is 0 Å². The van der Waals surface area contributed by atoms with Crippen molar-refractivity contribution in [1.82, 2.24) is 30.2 Å². The summed E-state index contributed by atoms with van der Waals surface area (Å²) in [5.74, 6) is 0.207. The second-order valence-corrected chi connectivity index (χ2v) is 6.87. The van der Waals surface area contributed by atoms with Crippen LogP contribution in [0.1, 0.15) is 12.5 Å². The molecule has 0 spiro atoms. The van der Waals surface area contributed by atoms with E-state index >= 15 is 0 Å². The molecule has 31 heavy (non-hydrogen) atoms. The van der Waals surface area contributed by atoms with Crippen LogP contribution < -0.4 is 21.3 Å². The maximum Gasteiger partial charge on any atom is 0.326 e. The molecule has 0 saturated carbocycles. The van der Waals surface area contributed by atoms with Gasteiger partial charge in [-0.2, -0.15) is 19.6 Å². The summed E-state index contributed by atoms with van der Waals surface area (Å²) < 4.78 is 6.87. The number of anilines is 3. The second-order valence-electron chi connectivity index (χ2n) is 6.43. The lowest BCUT2D eigenvalue weighted by Crippen LogP contribution is -2.22. The molecule has 160 valence electrons. The summed E-state index contributed by atoms with van der Waals surface area (Å²) in [6.45, 7) is 3.52. The number of ether oxygens (including phenoxy) is 1. The van der Waals surface area contributed by atoms with E-state index in [1.165, 1.54) is 16.8 Å². The molecule has 3 amide bonds. The Kier molecular flexibility index (Phi) is 5.96. The van der Waals surface area contributed by atoms with E-state index in [-0.39, 0.29) is 5.70 Å². The van der Waals surface area contributed by atoms with Crippen LogP contribution >= 0.6 is 11.6 Å². The van der Waals surface area contributed by atoms with Gasteiger partial charge in [0, 0.05) is 29.4 Å². The first-order chi connectivity index (χ1) is 15.0. The number of benzene rings is 1. The molecular weight excluding hydrogens is 424 g/mol. The lowest BCUT2D eigenvalue weighted by atomic mass is 10.2. The Morgan fingerprint density at radius 1 is 1.26 bits per heavy atom. The molecule has 12 heteroatoms. The summed E-state index contributed by atoms with van der Waals surface area (Å²) >= 11 is 6.06. The fraction of sp³-hybridized carbons (Fsp3) is 0.211. The highest BCUT2D eigenvalue weighted by Gasteiger charge is 2.24. The molecule has 1 aliphatic heterocycles. The van der Waals surface area contributed by atoms with Crippen LogP contribution in [-0.2, 0) is 9.53 Å². The van der Waals surface area contributed by atoms with Crippen LogP contribution in [0.15, 0.2) is 36.2 Å². The van der Waals surface area contributed by atoms with Crippen LogP contribution in [0.4, 0.5) is 22.4 Å². The van der Waals surface area contributed by atoms with Gasteiger partial charge < -0.3 is 20.7 Å². The number of hydrogen-bond donors (Lipinski definition) is 4. The van der Waals surface area contributed by atoms with Crippen LogP contribution in [0.25, 0.3) is 11.7 Å². The summed E-state index contributed by atoms with van der Waals surface area (Å²) in [5.41, 5.74) is 1.77. The Bertz CT molecular complexity index is 1180. The largest absolute Gasteiger partial charge is 0.380 e. The van der Waals surface area contributed by atoms with Crippen LogP contribution in [0, 0.1) is 0 Å². The lowest BCUT2D eigenvalue weighted by molar-refractivity contribution is -0.115. The molecular formula is C19H19ClN8O3. The van der Waals surface area contributed by atoms with Gasteiger partial charge in [0.15, 0.2) is 5.65 Å².